The molecule has 2 N–H and O–H groups in total. The summed E-state index contributed by atoms with van der Waals surface area (Å²) < 4.78 is 0. The van der Waals surface area contributed by atoms with Crippen LogP contribution in [0.2, 0.25) is 0 Å². The van der Waals surface area contributed by atoms with E-state index < -0.39 is 0 Å². The highest BCUT2D eigenvalue weighted by atomic mass is 16.3. The first-order valence-corrected chi connectivity index (χ1v) is 5.70. The maximum atomic E-state index is 11.7. The fourth-order valence-corrected chi connectivity index (χ4v) is 1.73. The van der Waals surface area contributed by atoms with Crippen molar-refractivity contribution in [2.24, 2.45) is 5.92 Å². The summed E-state index contributed by atoms with van der Waals surface area (Å²) in [6.45, 7) is 2.31. The summed E-state index contributed by atoms with van der Waals surface area (Å²) in [5.41, 5.74) is 1.72. The number of hydrogen-bond acceptors (Lipinski definition) is 2. The van der Waals surface area contributed by atoms with E-state index in [9.17, 15) is 9.90 Å². The Kier molecular flexibility index (Phi) is 3.25. The maximum absolute atomic E-state index is 11.7. The Morgan fingerprint density at radius 3 is 2.94 bits per heavy atom. The molecule has 1 aromatic carbocycles. The lowest BCUT2D eigenvalue weighted by atomic mass is 10.1. The van der Waals surface area contributed by atoms with Gasteiger partial charge in [-0.15, -0.1) is 0 Å². The van der Waals surface area contributed by atoms with E-state index in [0.29, 0.717) is 18.0 Å². The van der Waals surface area contributed by atoms with Gasteiger partial charge in [-0.1, -0.05) is 17.7 Å². The largest absolute Gasteiger partial charge is 0.391 e. The number of rotatable bonds is 4. The van der Waals surface area contributed by atoms with Gasteiger partial charge in [0.25, 0.3) is 5.91 Å². The highest BCUT2D eigenvalue weighted by molar-refractivity contribution is 5.94. The SMILES string of the molecule is Cc1cccc(C(=O)NCC(O)C2CC2)c1. The zero-order valence-corrected chi connectivity index (χ0v) is 9.44. The van der Waals surface area contributed by atoms with Gasteiger partial charge in [0.05, 0.1) is 6.10 Å². The quantitative estimate of drug-likeness (QED) is 0.806. The van der Waals surface area contributed by atoms with Crippen molar-refractivity contribution in [3.8, 4) is 0 Å². The number of carbonyl (C=O) groups excluding carboxylic acids is 1. The molecule has 0 saturated heterocycles. The summed E-state index contributed by atoms with van der Waals surface area (Å²) in [6, 6.07) is 7.45. The van der Waals surface area contributed by atoms with E-state index in [1.165, 1.54) is 0 Å². The summed E-state index contributed by atoms with van der Waals surface area (Å²) in [5.74, 6) is 0.293. The second-order valence-corrected chi connectivity index (χ2v) is 4.48. The molecule has 3 heteroatoms. The Hall–Kier alpha value is -1.35. The van der Waals surface area contributed by atoms with Crippen LogP contribution in [0.3, 0.4) is 0 Å². The van der Waals surface area contributed by atoms with Gasteiger partial charge in [0.1, 0.15) is 0 Å². The second-order valence-electron chi connectivity index (χ2n) is 4.48. The lowest BCUT2D eigenvalue weighted by molar-refractivity contribution is 0.0901. The summed E-state index contributed by atoms with van der Waals surface area (Å²) in [7, 11) is 0. The monoisotopic (exact) mass is 219 g/mol. The molecule has 0 aliphatic heterocycles. The van der Waals surface area contributed by atoms with E-state index >= 15 is 0 Å². The van der Waals surface area contributed by atoms with Crippen molar-refractivity contribution in [3.05, 3.63) is 35.4 Å². The van der Waals surface area contributed by atoms with E-state index in [-0.39, 0.29) is 12.0 Å². The molecule has 1 aliphatic carbocycles. The van der Waals surface area contributed by atoms with Crippen LogP contribution in [-0.2, 0) is 0 Å². The molecular weight excluding hydrogens is 202 g/mol. The number of aliphatic hydroxyl groups is 1. The van der Waals surface area contributed by atoms with Crippen molar-refractivity contribution >= 4 is 5.91 Å². The first-order chi connectivity index (χ1) is 7.66. The zero-order chi connectivity index (χ0) is 11.5. The molecule has 1 unspecified atom stereocenters. The highest BCUT2D eigenvalue weighted by Gasteiger charge is 2.29. The molecule has 1 amide bonds. The molecule has 1 aromatic rings. The van der Waals surface area contributed by atoms with Crippen molar-refractivity contribution in [1.82, 2.24) is 5.32 Å². The average Bonchev–Trinajstić information content (AvgIpc) is 3.09. The smallest absolute Gasteiger partial charge is 0.251 e. The van der Waals surface area contributed by atoms with Crippen LogP contribution in [0, 0.1) is 12.8 Å². The standard InChI is InChI=1S/C13H17NO2/c1-9-3-2-4-11(7-9)13(16)14-8-12(15)10-5-6-10/h2-4,7,10,12,15H,5-6,8H2,1H3,(H,14,16). The Morgan fingerprint density at radius 1 is 1.56 bits per heavy atom. The minimum Gasteiger partial charge on any atom is -0.391 e. The van der Waals surface area contributed by atoms with E-state index in [4.69, 9.17) is 0 Å². The predicted molar refractivity (Wildman–Crippen MR) is 62.2 cm³/mol. The number of benzene rings is 1. The van der Waals surface area contributed by atoms with E-state index in [0.717, 1.165) is 18.4 Å². The number of aryl methyl sites for hydroxylation is 1. The summed E-state index contributed by atoms with van der Waals surface area (Å²) >= 11 is 0. The molecule has 1 aliphatic rings. The molecule has 0 heterocycles. The van der Waals surface area contributed by atoms with Crippen LogP contribution in [0.25, 0.3) is 0 Å². The van der Waals surface area contributed by atoms with Crippen molar-refractivity contribution in [2.45, 2.75) is 25.9 Å². The van der Waals surface area contributed by atoms with Crippen molar-refractivity contribution in [1.29, 1.82) is 0 Å². The van der Waals surface area contributed by atoms with Gasteiger partial charge < -0.3 is 10.4 Å². The first-order valence-electron chi connectivity index (χ1n) is 5.70. The van der Waals surface area contributed by atoms with E-state index in [1.807, 2.05) is 25.1 Å². The van der Waals surface area contributed by atoms with Gasteiger partial charge in [-0.25, -0.2) is 0 Å². The molecule has 0 bridgehead atoms. The Labute approximate surface area is 95.5 Å². The molecule has 3 nitrogen and oxygen atoms in total. The highest BCUT2D eigenvalue weighted by Crippen LogP contribution is 2.32. The fraction of sp³-hybridized carbons (Fsp3) is 0.462. The van der Waals surface area contributed by atoms with Crippen LogP contribution >= 0.6 is 0 Å². The average molecular weight is 219 g/mol. The van der Waals surface area contributed by atoms with Gasteiger partial charge in [0.15, 0.2) is 0 Å². The van der Waals surface area contributed by atoms with Crippen LogP contribution in [-0.4, -0.2) is 23.7 Å². The number of aliphatic hydroxyl groups excluding tert-OH is 1. The van der Waals surface area contributed by atoms with Gasteiger partial charge >= 0.3 is 0 Å². The third-order valence-corrected chi connectivity index (χ3v) is 2.92. The Balaban J connectivity index is 1.87. The van der Waals surface area contributed by atoms with Crippen molar-refractivity contribution in [3.63, 3.8) is 0 Å². The van der Waals surface area contributed by atoms with Gasteiger partial charge in [-0.2, -0.15) is 0 Å². The third-order valence-electron chi connectivity index (χ3n) is 2.92. The van der Waals surface area contributed by atoms with Crippen LogP contribution in [0.4, 0.5) is 0 Å². The van der Waals surface area contributed by atoms with E-state index in [1.54, 1.807) is 6.07 Å². The molecule has 16 heavy (non-hydrogen) atoms. The minimum absolute atomic E-state index is 0.108. The normalized spacial score (nSPS) is 16.9. The predicted octanol–water partition coefficient (Wildman–Crippen LogP) is 1.50. The zero-order valence-electron chi connectivity index (χ0n) is 9.44. The number of nitrogens with one attached hydrogen (secondary N) is 1. The van der Waals surface area contributed by atoms with Gasteiger partial charge in [0, 0.05) is 12.1 Å². The molecule has 1 atom stereocenters. The summed E-state index contributed by atoms with van der Waals surface area (Å²) in [6.07, 6.45) is 1.79. The number of carbonyl (C=O) groups is 1. The van der Waals surface area contributed by atoms with Crippen LogP contribution in [0.1, 0.15) is 28.8 Å². The molecule has 0 aromatic heterocycles. The maximum Gasteiger partial charge on any atom is 0.251 e. The molecule has 0 radical (unpaired) electrons. The van der Waals surface area contributed by atoms with Crippen LogP contribution in [0.5, 0.6) is 0 Å². The molecule has 2 rings (SSSR count). The summed E-state index contributed by atoms with van der Waals surface area (Å²) in [4.78, 5) is 11.7. The van der Waals surface area contributed by atoms with Crippen LogP contribution < -0.4 is 5.32 Å². The number of hydrogen-bond donors (Lipinski definition) is 2. The molecule has 1 fully saturated rings. The van der Waals surface area contributed by atoms with Crippen molar-refractivity contribution < 1.29 is 9.90 Å². The lowest BCUT2D eigenvalue weighted by Gasteiger charge is -2.10. The van der Waals surface area contributed by atoms with Crippen molar-refractivity contribution in [2.75, 3.05) is 6.54 Å². The topological polar surface area (TPSA) is 49.3 Å². The second kappa shape index (κ2) is 4.66. The number of amides is 1. The molecular formula is C13H17NO2. The van der Waals surface area contributed by atoms with Gasteiger partial charge in [-0.05, 0) is 37.8 Å². The lowest BCUT2D eigenvalue weighted by Crippen LogP contribution is -2.33. The molecule has 0 spiro atoms. The van der Waals surface area contributed by atoms with Crippen LogP contribution in [0.15, 0.2) is 24.3 Å². The Bertz CT molecular complexity index is 385. The Morgan fingerprint density at radius 2 is 2.31 bits per heavy atom. The van der Waals surface area contributed by atoms with Gasteiger partial charge in [-0.3, -0.25) is 4.79 Å². The van der Waals surface area contributed by atoms with Gasteiger partial charge in [0.2, 0.25) is 0 Å². The fourth-order valence-electron chi connectivity index (χ4n) is 1.73. The minimum atomic E-state index is -0.381. The third kappa shape index (κ3) is 2.83. The first kappa shape index (κ1) is 11.1. The van der Waals surface area contributed by atoms with E-state index in [2.05, 4.69) is 5.32 Å². The summed E-state index contributed by atoms with van der Waals surface area (Å²) in [5, 5.41) is 12.4. The molecule has 86 valence electrons. The molecule has 1 saturated carbocycles.